The lowest BCUT2D eigenvalue weighted by molar-refractivity contribution is -0.384. The second-order valence-corrected chi connectivity index (χ2v) is 3.99. The monoisotopic (exact) mass is 254 g/mol. The van der Waals surface area contributed by atoms with E-state index in [-0.39, 0.29) is 23.4 Å². The summed E-state index contributed by atoms with van der Waals surface area (Å²) in [7, 11) is 0. The van der Waals surface area contributed by atoms with Crippen LogP contribution < -0.4 is 16.8 Å². The number of carbonyl (C=O) groups is 1. The fourth-order valence-corrected chi connectivity index (χ4v) is 1.34. The standard InChI is InChI=1S/C9H14N6O3/c1-4(2)6(7(10)16)13-8-5(15(17)18)3-12-9(11)14-8/h3-4,6H,1-2H3,(H2,10,16)(H3,11,12,13,14). The van der Waals surface area contributed by atoms with Crippen molar-refractivity contribution in [2.24, 2.45) is 11.7 Å². The third kappa shape index (κ3) is 3.03. The van der Waals surface area contributed by atoms with Crippen LogP contribution in [-0.4, -0.2) is 26.8 Å². The number of nitrogens with two attached hydrogens (primary N) is 2. The van der Waals surface area contributed by atoms with E-state index in [4.69, 9.17) is 11.5 Å². The van der Waals surface area contributed by atoms with Crippen LogP contribution in [0.2, 0.25) is 0 Å². The van der Waals surface area contributed by atoms with Crippen LogP contribution in [0.25, 0.3) is 0 Å². The van der Waals surface area contributed by atoms with E-state index in [0.717, 1.165) is 6.20 Å². The number of amides is 1. The molecule has 0 aliphatic carbocycles. The number of nitrogen functional groups attached to an aromatic ring is 1. The van der Waals surface area contributed by atoms with Crippen molar-refractivity contribution in [2.75, 3.05) is 11.1 Å². The van der Waals surface area contributed by atoms with Crippen molar-refractivity contribution in [2.45, 2.75) is 19.9 Å². The number of primary amides is 1. The number of anilines is 2. The van der Waals surface area contributed by atoms with Gasteiger partial charge in [0.25, 0.3) is 0 Å². The van der Waals surface area contributed by atoms with E-state index >= 15 is 0 Å². The topological polar surface area (TPSA) is 150 Å². The van der Waals surface area contributed by atoms with Crippen molar-refractivity contribution in [1.82, 2.24) is 9.97 Å². The number of nitro groups is 1. The maximum atomic E-state index is 11.2. The van der Waals surface area contributed by atoms with Crippen LogP contribution in [0.4, 0.5) is 17.5 Å². The quantitative estimate of drug-likeness (QED) is 0.489. The molecule has 1 aromatic heterocycles. The number of hydrogen-bond donors (Lipinski definition) is 3. The lowest BCUT2D eigenvalue weighted by Crippen LogP contribution is -2.40. The Labute approximate surface area is 103 Å². The van der Waals surface area contributed by atoms with Crippen LogP contribution in [0.1, 0.15) is 13.8 Å². The van der Waals surface area contributed by atoms with Crippen molar-refractivity contribution in [3.8, 4) is 0 Å². The van der Waals surface area contributed by atoms with Gasteiger partial charge in [-0.05, 0) is 5.92 Å². The minimum Gasteiger partial charge on any atom is -0.368 e. The largest absolute Gasteiger partial charge is 0.368 e. The molecule has 0 fully saturated rings. The molecule has 0 aromatic carbocycles. The molecule has 0 aliphatic heterocycles. The first kappa shape index (κ1) is 13.6. The first-order valence-electron chi connectivity index (χ1n) is 5.15. The van der Waals surface area contributed by atoms with E-state index in [1.165, 1.54) is 0 Å². The fraction of sp³-hybridized carbons (Fsp3) is 0.444. The zero-order valence-electron chi connectivity index (χ0n) is 9.95. The Kier molecular flexibility index (Phi) is 3.97. The van der Waals surface area contributed by atoms with Crippen molar-refractivity contribution in [1.29, 1.82) is 0 Å². The van der Waals surface area contributed by atoms with E-state index in [1.807, 2.05) is 0 Å². The number of nitrogens with zero attached hydrogens (tertiary/aromatic N) is 3. The smallest absolute Gasteiger partial charge is 0.329 e. The first-order chi connectivity index (χ1) is 8.32. The van der Waals surface area contributed by atoms with Crippen LogP contribution in [0, 0.1) is 16.0 Å². The molecule has 1 amide bonds. The van der Waals surface area contributed by atoms with Crippen molar-refractivity contribution in [3.05, 3.63) is 16.3 Å². The average Bonchev–Trinajstić information content (AvgIpc) is 2.24. The van der Waals surface area contributed by atoms with Gasteiger partial charge in [0, 0.05) is 0 Å². The number of nitrogens with one attached hydrogen (secondary N) is 1. The first-order valence-corrected chi connectivity index (χ1v) is 5.15. The molecule has 9 heteroatoms. The molecular formula is C9H14N6O3. The minimum atomic E-state index is -0.780. The van der Waals surface area contributed by atoms with Gasteiger partial charge in [0.15, 0.2) is 0 Å². The molecule has 5 N–H and O–H groups in total. The Bertz CT molecular complexity index is 475. The summed E-state index contributed by atoms with van der Waals surface area (Å²) in [6.07, 6.45) is 0.975. The number of rotatable bonds is 5. The highest BCUT2D eigenvalue weighted by molar-refractivity contribution is 5.83. The van der Waals surface area contributed by atoms with Crippen LogP contribution >= 0.6 is 0 Å². The molecule has 0 bridgehead atoms. The van der Waals surface area contributed by atoms with Gasteiger partial charge < -0.3 is 16.8 Å². The van der Waals surface area contributed by atoms with Gasteiger partial charge in [-0.2, -0.15) is 4.98 Å². The Morgan fingerprint density at radius 3 is 2.61 bits per heavy atom. The molecule has 1 atom stereocenters. The van der Waals surface area contributed by atoms with Gasteiger partial charge in [-0.15, -0.1) is 0 Å². The molecule has 1 heterocycles. The summed E-state index contributed by atoms with van der Waals surface area (Å²) in [6.45, 7) is 3.50. The highest BCUT2D eigenvalue weighted by Gasteiger charge is 2.25. The minimum absolute atomic E-state index is 0.120. The molecule has 98 valence electrons. The molecular weight excluding hydrogens is 240 g/mol. The van der Waals surface area contributed by atoms with E-state index in [1.54, 1.807) is 13.8 Å². The summed E-state index contributed by atoms with van der Waals surface area (Å²) in [6, 6.07) is -0.780. The van der Waals surface area contributed by atoms with E-state index in [0.29, 0.717) is 0 Å². The highest BCUT2D eigenvalue weighted by Crippen LogP contribution is 2.23. The molecule has 1 rings (SSSR count). The van der Waals surface area contributed by atoms with Gasteiger partial charge in [-0.1, -0.05) is 13.8 Å². The van der Waals surface area contributed by atoms with Crippen LogP contribution in [-0.2, 0) is 4.79 Å². The van der Waals surface area contributed by atoms with Crippen molar-refractivity contribution in [3.63, 3.8) is 0 Å². The molecule has 9 nitrogen and oxygen atoms in total. The summed E-state index contributed by atoms with van der Waals surface area (Å²) >= 11 is 0. The average molecular weight is 254 g/mol. The number of hydrogen-bond acceptors (Lipinski definition) is 7. The maximum Gasteiger partial charge on any atom is 0.329 e. The zero-order valence-corrected chi connectivity index (χ0v) is 9.95. The molecule has 1 unspecified atom stereocenters. The third-order valence-corrected chi connectivity index (χ3v) is 2.25. The van der Waals surface area contributed by atoms with Gasteiger partial charge in [-0.3, -0.25) is 14.9 Å². The molecule has 18 heavy (non-hydrogen) atoms. The Balaban J connectivity index is 3.12. The fourth-order valence-electron chi connectivity index (χ4n) is 1.34. The number of aromatic nitrogens is 2. The Hall–Kier alpha value is -2.45. The lowest BCUT2D eigenvalue weighted by Gasteiger charge is -2.19. The van der Waals surface area contributed by atoms with E-state index < -0.39 is 16.9 Å². The van der Waals surface area contributed by atoms with Gasteiger partial charge in [0.2, 0.25) is 17.7 Å². The summed E-state index contributed by atoms with van der Waals surface area (Å²) in [5.41, 5.74) is 10.2. The Morgan fingerprint density at radius 1 is 1.56 bits per heavy atom. The molecule has 0 saturated carbocycles. The molecule has 1 aromatic rings. The lowest BCUT2D eigenvalue weighted by atomic mass is 10.0. The summed E-state index contributed by atoms with van der Waals surface area (Å²) in [5.74, 6) is -1.03. The van der Waals surface area contributed by atoms with Crippen LogP contribution in [0.3, 0.4) is 0 Å². The van der Waals surface area contributed by atoms with Gasteiger partial charge in [0.1, 0.15) is 12.2 Å². The summed E-state index contributed by atoms with van der Waals surface area (Å²) in [4.78, 5) is 28.6. The third-order valence-electron chi connectivity index (χ3n) is 2.25. The molecule has 0 saturated heterocycles. The summed E-state index contributed by atoms with van der Waals surface area (Å²) < 4.78 is 0. The molecule has 0 spiro atoms. The van der Waals surface area contributed by atoms with E-state index in [9.17, 15) is 14.9 Å². The second-order valence-electron chi connectivity index (χ2n) is 3.99. The van der Waals surface area contributed by atoms with Gasteiger partial charge in [-0.25, -0.2) is 4.98 Å². The zero-order chi connectivity index (χ0) is 13.9. The molecule has 0 aliphatic rings. The maximum absolute atomic E-state index is 11.2. The second kappa shape index (κ2) is 5.25. The highest BCUT2D eigenvalue weighted by atomic mass is 16.6. The van der Waals surface area contributed by atoms with Gasteiger partial charge >= 0.3 is 5.69 Å². The molecule has 0 radical (unpaired) electrons. The van der Waals surface area contributed by atoms with Crippen LogP contribution in [0.5, 0.6) is 0 Å². The number of carbonyl (C=O) groups excluding carboxylic acids is 1. The van der Waals surface area contributed by atoms with Crippen LogP contribution in [0.15, 0.2) is 6.20 Å². The Morgan fingerprint density at radius 2 is 2.17 bits per heavy atom. The summed E-state index contributed by atoms with van der Waals surface area (Å²) in [5, 5.41) is 13.4. The predicted molar refractivity (Wildman–Crippen MR) is 64.5 cm³/mol. The SMILES string of the molecule is CC(C)C(Nc1nc(N)ncc1[N+](=O)[O-])C(N)=O. The van der Waals surface area contributed by atoms with Crippen molar-refractivity contribution < 1.29 is 9.72 Å². The normalized spacial score (nSPS) is 12.2. The van der Waals surface area contributed by atoms with E-state index in [2.05, 4.69) is 15.3 Å². The predicted octanol–water partition coefficient (Wildman–Crippen LogP) is -0.111. The van der Waals surface area contributed by atoms with Crippen molar-refractivity contribution >= 4 is 23.4 Å². The van der Waals surface area contributed by atoms with Gasteiger partial charge in [0.05, 0.1) is 4.92 Å².